The topological polar surface area (TPSA) is 65.5 Å². The molecule has 2 amide bonds. The Labute approximate surface area is 168 Å². The van der Waals surface area contributed by atoms with Crippen LogP contribution < -0.4 is 5.32 Å². The minimum atomic E-state index is -0.311. The fourth-order valence-corrected chi connectivity index (χ4v) is 4.29. The third-order valence-corrected chi connectivity index (χ3v) is 5.90. The molecule has 0 bridgehead atoms. The largest absolute Gasteiger partial charge is 0.350 e. The number of likely N-dealkylation sites (tertiary alicyclic amines) is 2. The van der Waals surface area contributed by atoms with Crippen molar-refractivity contribution in [2.24, 2.45) is 11.3 Å². The van der Waals surface area contributed by atoms with E-state index in [1.165, 1.54) is 0 Å². The summed E-state index contributed by atoms with van der Waals surface area (Å²) in [4.78, 5) is 33.9. The number of nitrogens with zero attached hydrogens (tertiary/aromatic N) is 3. The van der Waals surface area contributed by atoms with E-state index in [1.54, 1.807) is 6.20 Å². The summed E-state index contributed by atoms with van der Waals surface area (Å²) in [5, 5.41) is 3.05. The van der Waals surface area contributed by atoms with Gasteiger partial charge in [-0.3, -0.25) is 19.5 Å². The fraction of sp³-hybridized carbons (Fsp3) is 0.682. The molecule has 1 aromatic heterocycles. The van der Waals surface area contributed by atoms with Gasteiger partial charge in [-0.2, -0.15) is 0 Å². The predicted molar refractivity (Wildman–Crippen MR) is 109 cm³/mol. The van der Waals surface area contributed by atoms with E-state index in [4.69, 9.17) is 0 Å². The Hall–Kier alpha value is -1.95. The highest BCUT2D eigenvalue weighted by Crippen LogP contribution is 2.26. The first-order chi connectivity index (χ1) is 13.3. The Kier molecular flexibility index (Phi) is 6.70. The van der Waals surface area contributed by atoms with Crippen molar-refractivity contribution < 1.29 is 9.59 Å². The Bertz CT molecular complexity index is 663. The molecule has 0 spiro atoms. The molecule has 3 heterocycles. The molecule has 154 valence electrons. The molecule has 0 aromatic carbocycles. The summed E-state index contributed by atoms with van der Waals surface area (Å²) in [6.07, 6.45) is 5.77. The van der Waals surface area contributed by atoms with Gasteiger partial charge < -0.3 is 10.2 Å². The van der Waals surface area contributed by atoms with Gasteiger partial charge in [-0.25, -0.2) is 0 Å². The van der Waals surface area contributed by atoms with E-state index < -0.39 is 0 Å². The highest BCUT2D eigenvalue weighted by Gasteiger charge is 2.34. The second-order valence-corrected chi connectivity index (χ2v) is 9.15. The molecular weight excluding hydrogens is 352 g/mol. The number of nitrogens with one attached hydrogen (secondary N) is 1. The van der Waals surface area contributed by atoms with Gasteiger partial charge in [0.1, 0.15) is 0 Å². The van der Waals surface area contributed by atoms with Crippen LogP contribution in [0.3, 0.4) is 0 Å². The van der Waals surface area contributed by atoms with Crippen molar-refractivity contribution in [1.29, 1.82) is 0 Å². The number of carbonyl (C=O) groups excluding carboxylic acids is 2. The summed E-state index contributed by atoms with van der Waals surface area (Å²) in [6, 6.07) is 6.23. The van der Waals surface area contributed by atoms with E-state index in [0.717, 1.165) is 57.6 Å². The minimum Gasteiger partial charge on any atom is -0.350 e. The van der Waals surface area contributed by atoms with Gasteiger partial charge in [0.15, 0.2) is 0 Å². The zero-order valence-corrected chi connectivity index (χ0v) is 17.5. The number of hydrogen-bond acceptors (Lipinski definition) is 4. The Balaban J connectivity index is 1.47. The van der Waals surface area contributed by atoms with E-state index in [9.17, 15) is 9.59 Å². The van der Waals surface area contributed by atoms with Crippen LogP contribution in [-0.2, 0) is 16.1 Å². The van der Waals surface area contributed by atoms with E-state index in [0.29, 0.717) is 12.6 Å². The maximum Gasteiger partial charge on any atom is 0.227 e. The molecule has 6 heteroatoms. The van der Waals surface area contributed by atoms with Crippen LogP contribution in [0, 0.1) is 11.3 Å². The van der Waals surface area contributed by atoms with Crippen LogP contribution in [0.4, 0.5) is 0 Å². The molecule has 2 aliphatic heterocycles. The average molecular weight is 387 g/mol. The summed E-state index contributed by atoms with van der Waals surface area (Å²) in [5.41, 5.74) is 0.578. The second-order valence-electron chi connectivity index (χ2n) is 9.15. The van der Waals surface area contributed by atoms with Crippen molar-refractivity contribution in [2.75, 3.05) is 26.2 Å². The first-order valence-corrected chi connectivity index (χ1v) is 10.6. The average Bonchev–Trinajstić information content (AvgIpc) is 2.72. The Morgan fingerprint density at radius 2 is 1.89 bits per heavy atom. The summed E-state index contributed by atoms with van der Waals surface area (Å²) in [6.45, 7) is 9.99. The van der Waals surface area contributed by atoms with Crippen LogP contribution in [0.15, 0.2) is 24.4 Å². The van der Waals surface area contributed by atoms with E-state index in [1.807, 2.05) is 43.9 Å². The molecule has 6 nitrogen and oxygen atoms in total. The van der Waals surface area contributed by atoms with E-state index in [-0.39, 0.29) is 23.1 Å². The molecule has 2 aliphatic rings. The quantitative estimate of drug-likeness (QED) is 0.863. The number of hydrogen-bond donors (Lipinski definition) is 1. The number of carbonyl (C=O) groups is 2. The maximum atomic E-state index is 12.6. The SMILES string of the molecule is CC(C)(C)C(=O)N1CCC(N2CCC[C@H](C(=O)NCc3ccccn3)C2)CC1. The Morgan fingerprint density at radius 1 is 1.14 bits per heavy atom. The molecular formula is C22H34N4O2. The molecule has 1 aromatic rings. The predicted octanol–water partition coefficient (Wildman–Crippen LogP) is 2.45. The molecule has 0 aliphatic carbocycles. The van der Waals surface area contributed by atoms with Crippen molar-refractivity contribution in [3.8, 4) is 0 Å². The number of amides is 2. The lowest BCUT2D eigenvalue weighted by Crippen LogP contribution is -2.52. The summed E-state index contributed by atoms with van der Waals surface area (Å²) in [5.74, 6) is 0.429. The molecule has 2 fully saturated rings. The van der Waals surface area contributed by atoms with Gasteiger partial charge >= 0.3 is 0 Å². The molecule has 0 saturated carbocycles. The molecule has 2 saturated heterocycles. The zero-order valence-electron chi connectivity index (χ0n) is 17.5. The van der Waals surface area contributed by atoms with Crippen LogP contribution >= 0.6 is 0 Å². The standard InChI is InChI=1S/C22H34N4O2/c1-22(2,3)21(28)25-13-9-19(10-14-25)26-12-6-7-17(16-26)20(27)24-15-18-8-4-5-11-23-18/h4-5,8,11,17,19H,6-7,9-10,12-16H2,1-3H3,(H,24,27)/t17-/m0/s1. The van der Waals surface area contributed by atoms with Gasteiger partial charge in [-0.05, 0) is 44.4 Å². The number of pyridine rings is 1. The molecule has 0 radical (unpaired) electrons. The lowest BCUT2D eigenvalue weighted by atomic mass is 9.91. The highest BCUT2D eigenvalue weighted by atomic mass is 16.2. The molecule has 0 unspecified atom stereocenters. The van der Waals surface area contributed by atoms with Crippen molar-refractivity contribution >= 4 is 11.8 Å². The van der Waals surface area contributed by atoms with Gasteiger partial charge in [0.2, 0.25) is 11.8 Å². The third-order valence-electron chi connectivity index (χ3n) is 5.90. The normalized spacial score (nSPS) is 22.1. The summed E-state index contributed by atoms with van der Waals surface area (Å²) >= 11 is 0. The first-order valence-electron chi connectivity index (χ1n) is 10.6. The molecule has 28 heavy (non-hydrogen) atoms. The lowest BCUT2D eigenvalue weighted by Gasteiger charge is -2.43. The van der Waals surface area contributed by atoms with Crippen molar-refractivity contribution in [3.63, 3.8) is 0 Å². The van der Waals surface area contributed by atoms with Gasteiger partial charge in [0.25, 0.3) is 0 Å². The lowest BCUT2D eigenvalue weighted by molar-refractivity contribution is -0.141. The van der Waals surface area contributed by atoms with Crippen LogP contribution in [-0.4, -0.2) is 58.8 Å². The van der Waals surface area contributed by atoms with Crippen molar-refractivity contribution in [3.05, 3.63) is 30.1 Å². The Morgan fingerprint density at radius 3 is 2.54 bits per heavy atom. The van der Waals surface area contributed by atoms with Gasteiger partial charge in [-0.15, -0.1) is 0 Å². The number of aromatic nitrogens is 1. The van der Waals surface area contributed by atoms with Gasteiger partial charge in [-0.1, -0.05) is 26.8 Å². The number of piperidine rings is 2. The monoisotopic (exact) mass is 386 g/mol. The summed E-state index contributed by atoms with van der Waals surface area (Å²) < 4.78 is 0. The smallest absolute Gasteiger partial charge is 0.227 e. The van der Waals surface area contributed by atoms with Gasteiger partial charge in [0.05, 0.1) is 18.2 Å². The molecule has 1 atom stereocenters. The highest BCUT2D eigenvalue weighted by molar-refractivity contribution is 5.81. The zero-order chi connectivity index (χ0) is 20.1. The first kappa shape index (κ1) is 20.8. The molecule has 1 N–H and O–H groups in total. The van der Waals surface area contributed by atoms with Crippen LogP contribution in [0.25, 0.3) is 0 Å². The van der Waals surface area contributed by atoms with Crippen molar-refractivity contribution in [2.45, 2.75) is 59.0 Å². The summed E-state index contributed by atoms with van der Waals surface area (Å²) in [7, 11) is 0. The third kappa shape index (κ3) is 5.31. The van der Waals surface area contributed by atoms with Crippen LogP contribution in [0.1, 0.15) is 52.1 Å². The number of rotatable bonds is 4. The van der Waals surface area contributed by atoms with E-state index >= 15 is 0 Å². The minimum absolute atomic E-state index is 0.0479. The maximum absolute atomic E-state index is 12.6. The van der Waals surface area contributed by atoms with Crippen LogP contribution in [0.2, 0.25) is 0 Å². The van der Waals surface area contributed by atoms with Crippen LogP contribution in [0.5, 0.6) is 0 Å². The van der Waals surface area contributed by atoms with Crippen molar-refractivity contribution in [1.82, 2.24) is 20.1 Å². The van der Waals surface area contributed by atoms with E-state index in [2.05, 4.69) is 15.2 Å². The molecule has 3 rings (SSSR count). The fourth-order valence-electron chi connectivity index (χ4n) is 4.29. The second kappa shape index (κ2) is 9.03. The van der Waals surface area contributed by atoms with Gasteiger partial charge in [0, 0.05) is 37.3 Å².